The van der Waals surface area contributed by atoms with Gasteiger partial charge in [-0.3, -0.25) is 9.69 Å². The minimum Gasteiger partial charge on any atom is -0.507 e. The largest absolute Gasteiger partial charge is 0.507 e. The molecule has 5 heteroatoms. The highest BCUT2D eigenvalue weighted by molar-refractivity contribution is 5.85. The van der Waals surface area contributed by atoms with Crippen LogP contribution in [0, 0.1) is 6.92 Å². The minimum atomic E-state index is -0.255. The second-order valence-electron chi connectivity index (χ2n) is 7.05. The van der Waals surface area contributed by atoms with Crippen molar-refractivity contribution in [1.82, 2.24) is 4.90 Å². The normalized spacial score (nSPS) is 14.7. The van der Waals surface area contributed by atoms with Gasteiger partial charge in [0, 0.05) is 18.2 Å². The smallest absolute Gasteiger partial charge is 0.197 e. The number of nitrogens with zero attached hydrogens (tertiary/aromatic N) is 1. The molecular weight excluding hydrogens is 342 g/mol. The first-order valence-corrected chi connectivity index (χ1v) is 9.33. The van der Waals surface area contributed by atoms with Gasteiger partial charge in [0.1, 0.15) is 34.8 Å². The first-order chi connectivity index (χ1) is 13.1. The van der Waals surface area contributed by atoms with Crippen LogP contribution in [0.3, 0.4) is 0 Å². The Hall–Kier alpha value is -2.79. The van der Waals surface area contributed by atoms with Crippen LogP contribution in [0.4, 0.5) is 0 Å². The Morgan fingerprint density at radius 2 is 1.85 bits per heavy atom. The van der Waals surface area contributed by atoms with E-state index in [0.29, 0.717) is 18.0 Å². The summed E-state index contributed by atoms with van der Waals surface area (Å²) in [5.74, 6) is 1.22. The van der Waals surface area contributed by atoms with Gasteiger partial charge in [0.2, 0.25) is 0 Å². The second kappa shape index (κ2) is 7.45. The molecule has 1 aliphatic heterocycles. The van der Waals surface area contributed by atoms with E-state index in [9.17, 15) is 9.90 Å². The van der Waals surface area contributed by atoms with Crippen molar-refractivity contribution in [3.8, 4) is 22.8 Å². The van der Waals surface area contributed by atoms with Gasteiger partial charge in [-0.15, -0.1) is 0 Å². The summed E-state index contributed by atoms with van der Waals surface area (Å²) in [6.45, 7) is 5.80. The lowest BCUT2D eigenvalue weighted by atomic mass is 10.1. The van der Waals surface area contributed by atoms with Crippen LogP contribution < -0.4 is 10.2 Å². The summed E-state index contributed by atoms with van der Waals surface area (Å²) in [5, 5.41) is 10.2. The topological polar surface area (TPSA) is 62.9 Å². The number of likely N-dealkylation sites (tertiary alicyclic amines) is 1. The number of phenols is 1. The van der Waals surface area contributed by atoms with Crippen LogP contribution in [0.1, 0.15) is 18.4 Å². The molecule has 0 bridgehead atoms. The highest BCUT2D eigenvalue weighted by Crippen LogP contribution is 2.28. The summed E-state index contributed by atoms with van der Waals surface area (Å²) >= 11 is 0. The molecule has 1 aromatic heterocycles. The maximum absolute atomic E-state index is 12.4. The zero-order valence-corrected chi connectivity index (χ0v) is 15.4. The number of fused-ring (bicyclic) bond motifs is 1. The standard InChI is InChI=1S/C22H23NO4/c1-15-12-18(24)22-19(25)14-20(27-21(22)13-15)16-4-6-17(7-5-16)26-11-10-23-8-2-3-9-23/h4-7,12-14,24H,2-3,8-11H2,1H3. The Balaban J connectivity index is 1.52. The molecular formula is C22H23NO4. The summed E-state index contributed by atoms with van der Waals surface area (Å²) < 4.78 is 11.7. The van der Waals surface area contributed by atoms with Gasteiger partial charge in [-0.25, -0.2) is 0 Å². The van der Waals surface area contributed by atoms with Gasteiger partial charge in [0.15, 0.2) is 5.43 Å². The van der Waals surface area contributed by atoms with Crippen LogP contribution in [-0.4, -0.2) is 36.2 Å². The third kappa shape index (κ3) is 3.83. The van der Waals surface area contributed by atoms with Gasteiger partial charge in [0.25, 0.3) is 0 Å². The fourth-order valence-corrected chi connectivity index (χ4v) is 3.56. The Labute approximate surface area is 157 Å². The van der Waals surface area contributed by atoms with Crippen molar-refractivity contribution in [3.05, 3.63) is 58.3 Å². The number of benzene rings is 2. The van der Waals surface area contributed by atoms with Crippen molar-refractivity contribution in [1.29, 1.82) is 0 Å². The zero-order valence-electron chi connectivity index (χ0n) is 15.4. The Kier molecular flexibility index (Phi) is 4.86. The highest BCUT2D eigenvalue weighted by Gasteiger charge is 2.12. The average Bonchev–Trinajstić information content (AvgIpc) is 3.15. The monoisotopic (exact) mass is 365 g/mol. The van der Waals surface area contributed by atoms with Crippen molar-refractivity contribution < 1.29 is 14.3 Å². The van der Waals surface area contributed by atoms with E-state index in [2.05, 4.69) is 4.90 Å². The molecule has 3 aromatic rings. The summed E-state index contributed by atoms with van der Waals surface area (Å²) in [5.41, 5.74) is 1.76. The number of ether oxygens (including phenoxy) is 1. The minimum absolute atomic E-state index is 0.0490. The van der Waals surface area contributed by atoms with Gasteiger partial charge in [-0.05, 0) is 74.8 Å². The zero-order chi connectivity index (χ0) is 18.8. The van der Waals surface area contributed by atoms with E-state index in [4.69, 9.17) is 9.15 Å². The Morgan fingerprint density at radius 3 is 2.59 bits per heavy atom. The molecule has 0 unspecified atom stereocenters. The van der Waals surface area contributed by atoms with Gasteiger partial charge < -0.3 is 14.3 Å². The van der Waals surface area contributed by atoms with Crippen LogP contribution in [0.25, 0.3) is 22.3 Å². The average molecular weight is 365 g/mol. The van der Waals surface area contributed by atoms with Gasteiger partial charge in [0.05, 0.1) is 0 Å². The van der Waals surface area contributed by atoms with Crippen molar-refractivity contribution in [2.24, 2.45) is 0 Å². The van der Waals surface area contributed by atoms with Crippen LogP contribution in [0.15, 0.2) is 51.7 Å². The van der Waals surface area contributed by atoms with E-state index in [0.717, 1.165) is 23.4 Å². The number of hydrogen-bond acceptors (Lipinski definition) is 5. The Morgan fingerprint density at radius 1 is 1.11 bits per heavy atom. The van der Waals surface area contributed by atoms with E-state index in [1.165, 1.54) is 32.0 Å². The molecule has 1 saturated heterocycles. The van der Waals surface area contributed by atoms with Gasteiger partial charge in [-0.1, -0.05) is 0 Å². The van der Waals surface area contributed by atoms with Crippen molar-refractivity contribution in [2.45, 2.75) is 19.8 Å². The molecule has 0 amide bonds. The molecule has 1 N–H and O–H groups in total. The lowest BCUT2D eigenvalue weighted by Crippen LogP contribution is -2.25. The summed E-state index contributed by atoms with van der Waals surface area (Å²) in [4.78, 5) is 14.8. The third-order valence-electron chi connectivity index (χ3n) is 4.97. The summed E-state index contributed by atoms with van der Waals surface area (Å²) in [6, 6.07) is 12.3. The number of phenolic OH excluding ortho intramolecular Hbond substituents is 1. The number of aromatic hydroxyl groups is 1. The highest BCUT2D eigenvalue weighted by atomic mass is 16.5. The van der Waals surface area contributed by atoms with Crippen LogP contribution in [0.2, 0.25) is 0 Å². The molecule has 1 fully saturated rings. The molecule has 27 heavy (non-hydrogen) atoms. The number of rotatable bonds is 5. The molecule has 140 valence electrons. The number of aryl methyl sites for hydroxylation is 1. The molecule has 2 aromatic carbocycles. The lowest BCUT2D eigenvalue weighted by molar-refractivity contribution is 0.238. The van der Waals surface area contributed by atoms with Crippen LogP contribution in [0.5, 0.6) is 11.5 Å². The molecule has 5 nitrogen and oxygen atoms in total. The van der Waals surface area contributed by atoms with E-state index in [1.807, 2.05) is 31.2 Å². The first-order valence-electron chi connectivity index (χ1n) is 9.33. The Bertz CT molecular complexity index is 1000. The van der Waals surface area contributed by atoms with Crippen molar-refractivity contribution in [3.63, 3.8) is 0 Å². The predicted molar refractivity (Wildman–Crippen MR) is 105 cm³/mol. The number of hydrogen-bond donors (Lipinski definition) is 1. The second-order valence-corrected chi connectivity index (χ2v) is 7.05. The van der Waals surface area contributed by atoms with E-state index < -0.39 is 0 Å². The lowest BCUT2D eigenvalue weighted by Gasteiger charge is -2.15. The van der Waals surface area contributed by atoms with E-state index in [1.54, 1.807) is 12.1 Å². The molecule has 0 atom stereocenters. The first kappa shape index (κ1) is 17.6. The fraction of sp³-hybridized carbons (Fsp3) is 0.318. The molecule has 0 aliphatic carbocycles. The van der Waals surface area contributed by atoms with E-state index >= 15 is 0 Å². The molecule has 1 aliphatic rings. The molecule has 0 radical (unpaired) electrons. The van der Waals surface area contributed by atoms with Gasteiger partial charge in [-0.2, -0.15) is 0 Å². The quantitative estimate of drug-likeness (QED) is 0.742. The molecule has 4 rings (SSSR count). The SMILES string of the molecule is Cc1cc(O)c2c(=O)cc(-c3ccc(OCCN4CCCC4)cc3)oc2c1. The summed E-state index contributed by atoms with van der Waals surface area (Å²) in [7, 11) is 0. The van der Waals surface area contributed by atoms with Crippen LogP contribution >= 0.6 is 0 Å². The molecule has 0 saturated carbocycles. The summed E-state index contributed by atoms with van der Waals surface area (Å²) in [6.07, 6.45) is 2.56. The molecule has 0 spiro atoms. The van der Waals surface area contributed by atoms with Crippen molar-refractivity contribution in [2.75, 3.05) is 26.2 Å². The fourth-order valence-electron chi connectivity index (χ4n) is 3.56. The third-order valence-corrected chi connectivity index (χ3v) is 4.97. The maximum Gasteiger partial charge on any atom is 0.197 e. The maximum atomic E-state index is 12.4. The molecule has 2 heterocycles. The van der Waals surface area contributed by atoms with Gasteiger partial charge >= 0.3 is 0 Å². The van der Waals surface area contributed by atoms with Crippen molar-refractivity contribution >= 4 is 11.0 Å². The predicted octanol–water partition coefficient (Wildman–Crippen LogP) is 3.95. The van der Waals surface area contributed by atoms with Crippen LogP contribution in [-0.2, 0) is 0 Å². The van der Waals surface area contributed by atoms with E-state index in [-0.39, 0.29) is 16.6 Å².